The molecule has 1 aliphatic carbocycles. The van der Waals surface area contributed by atoms with Gasteiger partial charge in [0, 0.05) is 22.3 Å². The number of aryl methyl sites for hydroxylation is 1. The van der Waals surface area contributed by atoms with Crippen molar-refractivity contribution in [1.82, 2.24) is 5.32 Å². The molecule has 1 heterocycles. The molecule has 0 unspecified atom stereocenters. The Morgan fingerprint density at radius 2 is 2.05 bits per heavy atom. The molecule has 1 aromatic carbocycles. The van der Waals surface area contributed by atoms with Crippen molar-refractivity contribution >= 4 is 27.3 Å². The highest BCUT2D eigenvalue weighted by molar-refractivity contribution is 9.10. The summed E-state index contributed by atoms with van der Waals surface area (Å²) in [6, 6.07) is 11.4. The molecule has 1 fully saturated rings. The Kier molecular flexibility index (Phi) is 4.99. The van der Waals surface area contributed by atoms with Gasteiger partial charge in [-0.05, 0) is 65.0 Å². The average Bonchev–Trinajstić information content (AvgIpc) is 3.21. The normalized spacial score (nSPS) is 14.4. The Morgan fingerprint density at radius 1 is 1.24 bits per heavy atom. The van der Waals surface area contributed by atoms with E-state index in [0.717, 1.165) is 29.2 Å². The van der Waals surface area contributed by atoms with Crippen LogP contribution in [0.15, 0.2) is 34.8 Å². The van der Waals surface area contributed by atoms with Crippen LogP contribution in [-0.2, 0) is 19.6 Å². The first-order valence-electron chi connectivity index (χ1n) is 7.47. The van der Waals surface area contributed by atoms with E-state index >= 15 is 0 Å². The van der Waals surface area contributed by atoms with Crippen molar-refractivity contribution in [3.63, 3.8) is 0 Å². The van der Waals surface area contributed by atoms with Gasteiger partial charge in [-0.2, -0.15) is 0 Å². The number of nitrogens with one attached hydrogen (secondary N) is 1. The molecular formula is C17H20BrNOS. The Hall–Kier alpha value is -0.840. The first kappa shape index (κ1) is 15.1. The maximum absolute atomic E-state index is 5.92. The number of thiophene rings is 1. The van der Waals surface area contributed by atoms with Gasteiger partial charge in [0.05, 0.1) is 4.47 Å². The molecule has 0 radical (unpaired) electrons. The fraction of sp³-hybridized carbons (Fsp3) is 0.412. The number of hydrogen-bond acceptors (Lipinski definition) is 3. The van der Waals surface area contributed by atoms with Gasteiger partial charge in [-0.25, -0.2) is 0 Å². The monoisotopic (exact) mass is 365 g/mol. The predicted octanol–water partition coefficient (Wildman–Crippen LogP) is 4.90. The lowest BCUT2D eigenvalue weighted by molar-refractivity contribution is 0.307. The molecule has 1 aromatic heterocycles. The van der Waals surface area contributed by atoms with E-state index in [0.29, 0.717) is 6.61 Å². The van der Waals surface area contributed by atoms with Crippen LogP contribution in [0.3, 0.4) is 0 Å². The third-order valence-electron chi connectivity index (χ3n) is 3.60. The van der Waals surface area contributed by atoms with Crippen molar-refractivity contribution in [2.24, 2.45) is 0 Å². The van der Waals surface area contributed by atoms with Crippen LogP contribution in [0.1, 0.15) is 35.1 Å². The summed E-state index contributed by atoms with van der Waals surface area (Å²) in [4.78, 5) is 2.69. The van der Waals surface area contributed by atoms with E-state index in [2.05, 4.69) is 58.5 Å². The van der Waals surface area contributed by atoms with Gasteiger partial charge in [0.1, 0.15) is 12.4 Å². The average molecular weight is 366 g/mol. The molecule has 1 N–H and O–H groups in total. The minimum Gasteiger partial charge on any atom is -0.487 e. The molecule has 0 atom stereocenters. The number of ether oxygens (including phenoxy) is 1. The smallest absolute Gasteiger partial charge is 0.134 e. The zero-order chi connectivity index (χ0) is 14.7. The standard InChI is InChI=1S/C17H20BrNOS/c1-2-14-6-7-15(21-14)11-20-17-8-3-12(9-16(17)18)10-19-13-4-5-13/h3,6-9,13,19H,2,4-5,10-11H2,1H3. The van der Waals surface area contributed by atoms with Crippen LogP contribution in [0.5, 0.6) is 5.75 Å². The molecule has 0 saturated heterocycles. The summed E-state index contributed by atoms with van der Waals surface area (Å²) in [6.07, 6.45) is 3.74. The van der Waals surface area contributed by atoms with Crippen molar-refractivity contribution in [2.75, 3.05) is 0 Å². The third-order valence-corrected chi connectivity index (χ3v) is 5.43. The molecule has 2 aromatic rings. The van der Waals surface area contributed by atoms with Crippen LogP contribution >= 0.6 is 27.3 Å². The van der Waals surface area contributed by atoms with E-state index in [-0.39, 0.29) is 0 Å². The summed E-state index contributed by atoms with van der Waals surface area (Å²) in [5.41, 5.74) is 1.30. The molecule has 4 heteroatoms. The predicted molar refractivity (Wildman–Crippen MR) is 92.0 cm³/mol. The minimum atomic E-state index is 0.642. The second-order valence-corrected chi connectivity index (χ2v) is 7.54. The van der Waals surface area contributed by atoms with Crippen molar-refractivity contribution in [1.29, 1.82) is 0 Å². The highest BCUT2D eigenvalue weighted by Crippen LogP contribution is 2.28. The van der Waals surface area contributed by atoms with Gasteiger partial charge >= 0.3 is 0 Å². The summed E-state index contributed by atoms with van der Waals surface area (Å²) >= 11 is 5.44. The second-order valence-electron chi connectivity index (χ2n) is 5.43. The van der Waals surface area contributed by atoms with Gasteiger partial charge < -0.3 is 10.1 Å². The molecule has 0 amide bonds. The number of halogens is 1. The van der Waals surface area contributed by atoms with Crippen LogP contribution in [0.25, 0.3) is 0 Å². The molecule has 1 saturated carbocycles. The molecule has 0 bridgehead atoms. The fourth-order valence-electron chi connectivity index (χ4n) is 2.16. The maximum Gasteiger partial charge on any atom is 0.134 e. The molecule has 0 spiro atoms. The zero-order valence-electron chi connectivity index (χ0n) is 12.2. The van der Waals surface area contributed by atoms with Gasteiger partial charge in [0.25, 0.3) is 0 Å². The molecule has 2 nitrogen and oxygen atoms in total. The Morgan fingerprint density at radius 3 is 2.71 bits per heavy atom. The summed E-state index contributed by atoms with van der Waals surface area (Å²) in [6.45, 7) is 3.76. The number of hydrogen-bond donors (Lipinski definition) is 1. The van der Waals surface area contributed by atoms with Gasteiger partial charge in [-0.15, -0.1) is 11.3 Å². The van der Waals surface area contributed by atoms with Crippen molar-refractivity contribution < 1.29 is 4.74 Å². The zero-order valence-corrected chi connectivity index (χ0v) is 14.6. The van der Waals surface area contributed by atoms with E-state index in [1.807, 2.05) is 11.3 Å². The van der Waals surface area contributed by atoms with E-state index in [1.54, 1.807) is 0 Å². The van der Waals surface area contributed by atoms with Crippen molar-refractivity contribution in [3.05, 3.63) is 50.1 Å². The Bertz CT molecular complexity index is 607. The van der Waals surface area contributed by atoms with E-state index in [4.69, 9.17) is 4.74 Å². The minimum absolute atomic E-state index is 0.642. The first-order valence-corrected chi connectivity index (χ1v) is 9.07. The van der Waals surface area contributed by atoms with Crippen LogP contribution < -0.4 is 10.1 Å². The molecule has 112 valence electrons. The first-order chi connectivity index (χ1) is 10.2. The molecule has 0 aliphatic heterocycles. The number of benzene rings is 1. The van der Waals surface area contributed by atoms with E-state index in [9.17, 15) is 0 Å². The van der Waals surface area contributed by atoms with Gasteiger partial charge in [0.2, 0.25) is 0 Å². The highest BCUT2D eigenvalue weighted by atomic mass is 79.9. The van der Waals surface area contributed by atoms with E-state index < -0.39 is 0 Å². The van der Waals surface area contributed by atoms with Crippen LogP contribution in [-0.4, -0.2) is 6.04 Å². The number of rotatable bonds is 7. The Balaban J connectivity index is 1.56. The van der Waals surface area contributed by atoms with Gasteiger partial charge in [0.15, 0.2) is 0 Å². The lowest BCUT2D eigenvalue weighted by atomic mass is 10.2. The molecule has 1 aliphatic rings. The second kappa shape index (κ2) is 6.95. The molecule has 3 rings (SSSR count). The van der Waals surface area contributed by atoms with Crippen molar-refractivity contribution in [3.8, 4) is 5.75 Å². The summed E-state index contributed by atoms with van der Waals surface area (Å²) in [7, 11) is 0. The summed E-state index contributed by atoms with van der Waals surface area (Å²) < 4.78 is 6.95. The van der Waals surface area contributed by atoms with Crippen LogP contribution in [0.4, 0.5) is 0 Å². The molecular weight excluding hydrogens is 346 g/mol. The van der Waals surface area contributed by atoms with E-state index in [1.165, 1.54) is 28.2 Å². The van der Waals surface area contributed by atoms with Crippen molar-refractivity contribution in [2.45, 2.75) is 45.4 Å². The third kappa shape index (κ3) is 4.31. The highest BCUT2D eigenvalue weighted by Gasteiger charge is 2.20. The summed E-state index contributed by atoms with van der Waals surface area (Å²) in [5.74, 6) is 0.914. The largest absolute Gasteiger partial charge is 0.487 e. The maximum atomic E-state index is 5.92. The fourth-order valence-corrected chi connectivity index (χ4v) is 3.57. The Labute approximate surface area is 138 Å². The van der Waals surface area contributed by atoms with Gasteiger partial charge in [-0.1, -0.05) is 13.0 Å². The quantitative estimate of drug-likeness (QED) is 0.752. The summed E-state index contributed by atoms with van der Waals surface area (Å²) in [5, 5.41) is 3.53. The van der Waals surface area contributed by atoms with Crippen LogP contribution in [0, 0.1) is 0 Å². The molecule has 21 heavy (non-hydrogen) atoms. The topological polar surface area (TPSA) is 21.3 Å². The lowest BCUT2D eigenvalue weighted by Gasteiger charge is -2.09. The van der Waals surface area contributed by atoms with Gasteiger partial charge in [-0.3, -0.25) is 0 Å². The lowest BCUT2D eigenvalue weighted by Crippen LogP contribution is -2.15. The SMILES string of the molecule is CCc1ccc(COc2ccc(CNC3CC3)cc2Br)s1. The van der Waals surface area contributed by atoms with Crippen LogP contribution in [0.2, 0.25) is 0 Å².